The van der Waals surface area contributed by atoms with Crippen LogP contribution in [0.4, 0.5) is 8.78 Å². The predicted molar refractivity (Wildman–Crippen MR) is 67.7 cm³/mol. The summed E-state index contributed by atoms with van der Waals surface area (Å²) < 4.78 is 27.9. The number of hydrogen-bond acceptors (Lipinski definition) is 1. The molecule has 17 heavy (non-hydrogen) atoms. The van der Waals surface area contributed by atoms with Crippen LogP contribution in [-0.4, -0.2) is 6.54 Å². The van der Waals surface area contributed by atoms with Crippen LogP contribution in [-0.2, 0) is 6.42 Å². The molecule has 1 aromatic rings. The van der Waals surface area contributed by atoms with Gasteiger partial charge in [0, 0.05) is 5.56 Å². The summed E-state index contributed by atoms with van der Waals surface area (Å²) in [6.07, 6.45) is 4.55. The Morgan fingerprint density at radius 2 is 1.88 bits per heavy atom. The first-order valence-electron chi connectivity index (χ1n) is 5.90. The first kappa shape index (κ1) is 13.0. The van der Waals surface area contributed by atoms with Crippen LogP contribution >= 0.6 is 15.9 Å². The minimum atomic E-state index is -0.482. The zero-order valence-corrected chi connectivity index (χ0v) is 11.2. The maximum atomic E-state index is 13.9. The van der Waals surface area contributed by atoms with Gasteiger partial charge in [-0.2, -0.15) is 0 Å². The van der Waals surface area contributed by atoms with E-state index in [9.17, 15) is 8.78 Å². The van der Waals surface area contributed by atoms with Crippen LogP contribution in [0.3, 0.4) is 0 Å². The molecule has 1 aromatic carbocycles. The van der Waals surface area contributed by atoms with Gasteiger partial charge in [0.1, 0.15) is 11.6 Å². The van der Waals surface area contributed by atoms with Crippen molar-refractivity contribution in [1.29, 1.82) is 0 Å². The van der Waals surface area contributed by atoms with Gasteiger partial charge >= 0.3 is 0 Å². The van der Waals surface area contributed by atoms with Crippen molar-refractivity contribution >= 4 is 15.9 Å². The number of halogens is 3. The second kappa shape index (κ2) is 5.02. The lowest BCUT2D eigenvalue weighted by Gasteiger charge is -2.27. The van der Waals surface area contributed by atoms with Gasteiger partial charge in [-0.15, -0.1) is 0 Å². The third-order valence-corrected chi connectivity index (χ3v) is 4.40. The van der Waals surface area contributed by atoms with E-state index < -0.39 is 11.6 Å². The second-order valence-electron chi connectivity index (χ2n) is 4.91. The van der Waals surface area contributed by atoms with Gasteiger partial charge in [-0.05, 0) is 59.3 Å². The van der Waals surface area contributed by atoms with Gasteiger partial charge in [-0.3, -0.25) is 0 Å². The summed E-state index contributed by atoms with van der Waals surface area (Å²) in [4.78, 5) is 0. The molecular weight excluding hydrogens is 288 g/mol. The van der Waals surface area contributed by atoms with E-state index in [2.05, 4.69) is 15.9 Å². The second-order valence-corrected chi connectivity index (χ2v) is 5.76. The molecule has 2 N–H and O–H groups in total. The first-order chi connectivity index (χ1) is 8.08. The van der Waals surface area contributed by atoms with Gasteiger partial charge in [-0.25, -0.2) is 8.78 Å². The standard InChI is InChI=1S/C13H16BrF2N/c14-10-3-4-11(15)9(12(10)16)7-13(8-17)5-1-2-6-13/h3-4H,1-2,5-8,17H2. The Kier molecular flexibility index (Phi) is 3.83. The minimum absolute atomic E-state index is 0.109. The van der Waals surface area contributed by atoms with Crippen LogP contribution < -0.4 is 5.73 Å². The van der Waals surface area contributed by atoms with Crippen molar-refractivity contribution in [3.8, 4) is 0 Å². The quantitative estimate of drug-likeness (QED) is 0.845. The Morgan fingerprint density at radius 3 is 2.47 bits per heavy atom. The van der Waals surface area contributed by atoms with Crippen LogP contribution in [0.5, 0.6) is 0 Å². The van der Waals surface area contributed by atoms with Crippen LogP contribution in [0, 0.1) is 17.0 Å². The molecule has 94 valence electrons. The normalized spacial score (nSPS) is 18.6. The molecule has 0 unspecified atom stereocenters. The predicted octanol–water partition coefficient (Wildman–Crippen LogP) is 3.79. The fourth-order valence-electron chi connectivity index (χ4n) is 2.68. The van der Waals surface area contributed by atoms with Crippen LogP contribution in [0.2, 0.25) is 0 Å². The third-order valence-electron chi connectivity index (χ3n) is 3.79. The smallest absolute Gasteiger partial charge is 0.143 e. The van der Waals surface area contributed by atoms with E-state index in [1.54, 1.807) is 0 Å². The van der Waals surface area contributed by atoms with Crippen molar-refractivity contribution < 1.29 is 8.78 Å². The molecule has 0 spiro atoms. The molecule has 1 aliphatic rings. The molecule has 1 fully saturated rings. The topological polar surface area (TPSA) is 26.0 Å². The fraction of sp³-hybridized carbons (Fsp3) is 0.538. The van der Waals surface area contributed by atoms with Crippen molar-refractivity contribution in [3.63, 3.8) is 0 Å². The van der Waals surface area contributed by atoms with Crippen molar-refractivity contribution in [2.45, 2.75) is 32.1 Å². The Hall–Kier alpha value is -0.480. The Balaban J connectivity index is 2.32. The lowest BCUT2D eigenvalue weighted by atomic mass is 9.80. The third kappa shape index (κ3) is 2.52. The van der Waals surface area contributed by atoms with E-state index in [4.69, 9.17) is 5.73 Å². The van der Waals surface area contributed by atoms with E-state index in [-0.39, 0.29) is 11.0 Å². The SMILES string of the molecule is NCC1(Cc2c(F)ccc(Br)c2F)CCCC1. The molecule has 0 aliphatic heterocycles. The number of rotatable bonds is 3. The molecule has 0 bridgehead atoms. The zero-order chi connectivity index (χ0) is 12.5. The number of nitrogens with two attached hydrogens (primary N) is 1. The summed E-state index contributed by atoms with van der Waals surface area (Å²) in [6, 6.07) is 2.71. The summed E-state index contributed by atoms with van der Waals surface area (Å²) in [5.41, 5.74) is 5.86. The highest BCUT2D eigenvalue weighted by atomic mass is 79.9. The molecule has 0 saturated heterocycles. The molecule has 0 aromatic heterocycles. The average Bonchev–Trinajstić information content (AvgIpc) is 2.79. The molecule has 2 rings (SSSR count). The van der Waals surface area contributed by atoms with Gasteiger partial charge in [0.2, 0.25) is 0 Å². The highest BCUT2D eigenvalue weighted by Gasteiger charge is 2.34. The van der Waals surface area contributed by atoms with E-state index in [1.807, 2.05) is 0 Å². The maximum absolute atomic E-state index is 13.9. The molecule has 1 saturated carbocycles. The molecular formula is C13H16BrF2N. The van der Waals surface area contributed by atoms with Gasteiger partial charge in [0.25, 0.3) is 0 Å². The zero-order valence-electron chi connectivity index (χ0n) is 9.61. The summed E-state index contributed by atoms with van der Waals surface area (Å²) in [5.74, 6) is -0.949. The van der Waals surface area contributed by atoms with E-state index in [0.717, 1.165) is 25.7 Å². The molecule has 1 aliphatic carbocycles. The monoisotopic (exact) mass is 303 g/mol. The lowest BCUT2D eigenvalue weighted by Crippen LogP contribution is -2.30. The van der Waals surface area contributed by atoms with Crippen molar-refractivity contribution in [2.75, 3.05) is 6.54 Å². The molecule has 0 amide bonds. The van der Waals surface area contributed by atoms with Crippen LogP contribution in [0.15, 0.2) is 16.6 Å². The number of benzene rings is 1. The van der Waals surface area contributed by atoms with Gasteiger partial charge < -0.3 is 5.73 Å². The summed E-state index contributed by atoms with van der Waals surface area (Å²) >= 11 is 3.10. The van der Waals surface area contributed by atoms with Crippen molar-refractivity contribution in [2.24, 2.45) is 11.1 Å². The Bertz CT molecular complexity index is 414. The molecule has 0 heterocycles. The molecule has 4 heteroatoms. The largest absolute Gasteiger partial charge is 0.330 e. The highest BCUT2D eigenvalue weighted by Crippen LogP contribution is 2.41. The van der Waals surface area contributed by atoms with Gasteiger partial charge in [-0.1, -0.05) is 12.8 Å². The van der Waals surface area contributed by atoms with Crippen LogP contribution in [0.25, 0.3) is 0 Å². The summed E-state index contributed by atoms with van der Waals surface area (Å²) in [7, 11) is 0. The number of hydrogen-bond donors (Lipinski definition) is 1. The molecule has 1 nitrogen and oxygen atoms in total. The fourth-order valence-corrected chi connectivity index (χ4v) is 3.06. The van der Waals surface area contributed by atoms with Crippen molar-refractivity contribution in [3.05, 3.63) is 33.8 Å². The molecule has 0 atom stereocenters. The summed E-state index contributed by atoms with van der Waals surface area (Å²) in [6.45, 7) is 0.498. The lowest BCUT2D eigenvalue weighted by molar-refractivity contribution is 0.297. The van der Waals surface area contributed by atoms with E-state index in [0.29, 0.717) is 17.4 Å². The van der Waals surface area contributed by atoms with Gasteiger partial charge in [0.05, 0.1) is 4.47 Å². The maximum Gasteiger partial charge on any atom is 0.143 e. The Morgan fingerprint density at radius 1 is 1.24 bits per heavy atom. The average molecular weight is 304 g/mol. The molecule has 0 radical (unpaired) electrons. The van der Waals surface area contributed by atoms with E-state index >= 15 is 0 Å². The van der Waals surface area contributed by atoms with Crippen LogP contribution in [0.1, 0.15) is 31.2 Å². The van der Waals surface area contributed by atoms with Gasteiger partial charge in [0.15, 0.2) is 0 Å². The van der Waals surface area contributed by atoms with Crippen molar-refractivity contribution in [1.82, 2.24) is 0 Å². The first-order valence-corrected chi connectivity index (χ1v) is 6.70. The Labute approximate surface area is 109 Å². The summed E-state index contributed by atoms with van der Waals surface area (Å²) in [5, 5.41) is 0. The highest BCUT2D eigenvalue weighted by molar-refractivity contribution is 9.10. The van der Waals surface area contributed by atoms with E-state index in [1.165, 1.54) is 12.1 Å². The minimum Gasteiger partial charge on any atom is -0.330 e.